The molecule has 0 saturated carbocycles. The number of allylic oxidation sites excluding steroid dienone is 2. The molecule has 1 unspecified atom stereocenters. The smallest absolute Gasteiger partial charge is 0.277 e. The van der Waals surface area contributed by atoms with Gasteiger partial charge in [-0.25, -0.2) is 4.98 Å². The van der Waals surface area contributed by atoms with E-state index in [-0.39, 0.29) is 5.91 Å². The van der Waals surface area contributed by atoms with E-state index in [4.69, 9.17) is 4.74 Å². The lowest BCUT2D eigenvalue weighted by Gasteiger charge is -2.37. The maximum atomic E-state index is 13.1. The average molecular weight is 354 g/mol. The molecule has 2 heterocycles. The fraction of sp³-hybridized carbons (Fsp3) is 0.400. The van der Waals surface area contributed by atoms with Crippen LogP contribution in [-0.4, -0.2) is 29.4 Å². The van der Waals surface area contributed by atoms with E-state index in [1.807, 2.05) is 34.5 Å². The molecule has 0 radical (unpaired) electrons. The molecule has 25 heavy (non-hydrogen) atoms. The fourth-order valence-electron chi connectivity index (χ4n) is 3.85. The van der Waals surface area contributed by atoms with Crippen molar-refractivity contribution in [2.45, 2.75) is 32.1 Å². The summed E-state index contributed by atoms with van der Waals surface area (Å²) in [6.45, 7) is 0.808. The predicted octanol–water partition coefficient (Wildman–Crippen LogP) is 4.74. The summed E-state index contributed by atoms with van der Waals surface area (Å²) in [5, 5.41) is 2.70. The third-order valence-corrected chi connectivity index (χ3v) is 5.96. The van der Waals surface area contributed by atoms with Crippen molar-refractivity contribution in [1.82, 2.24) is 9.88 Å². The monoisotopic (exact) mass is 354 g/mol. The average Bonchev–Trinajstić information content (AvgIpc) is 3.17. The summed E-state index contributed by atoms with van der Waals surface area (Å²) in [6.07, 6.45) is 8.08. The number of hydrogen-bond donors (Lipinski definition) is 0. The molecular formula is C20H22N2O2S. The van der Waals surface area contributed by atoms with Crippen LogP contribution >= 0.6 is 11.3 Å². The van der Waals surface area contributed by atoms with Crippen LogP contribution in [0.2, 0.25) is 0 Å². The van der Waals surface area contributed by atoms with Gasteiger partial charge in [-0.15, -0.1) is 11.3 Å². The van der Waals surface area contributed by atoms with Crippen molar-refractivity contribution in [2.24, 2.45) is 5.92 Å². The van der Waals surface area contributed by atoms with Crippen molar-refractivity contribution in [2.75, 3.05) is 13.7 Å². The van der Waals surface area contributed by atoms with Crippen molar-refractivity contribution in [3.63, 3.8) is 0 Å². The lowest BCUT2D eigenvalue weighted by atomic mass is 9.85. The van der Waals surface area contributed by atoms with Crippen LogP contribution in [0, 0.1) is 5.92 Å². The van der Waals surface area contributed by atoms with Crippen LogP contribution in [-0.2, 0) is 0 Å². The van der Waals surface area contributed by atoms with Gasteiger partial charge in [0, 0.05) is 17.6 Å². The minimum atomic E-state index is 0.0373. The molecule has 4 rings (SSSR count). The van der Waals surface area contributed by atoms with Gasteiger partial charge in [-0.2, -0.15) is 0 Å². The molecule has 1 atom stereocenters. The van der Waals surface area contributed by atoms with E-state index < -0.39 is 0 Å². The van der Waals surface area contributed by atoms with E-state index in [1.54, 1.807) is 7.11 Å². The van der Waals surface area contributed by atoms with Gasteiger partial charge in [-0.1, -0.05) is 18.2 Å². The van der Waals surface area contributed by atoms with Crippen molar-refractivity contribution in [1.29, 1.82) is 0 Å². The van der Waals surface area contributed by atoms with Crippen LogP contribution in [0.5, 0.6) is 5.75 Å². The first-order chi connectivity index (χ1) is 12.3. The number of ether oxygens (including phenoxy) is 1. The molecule has 1 aromatic heterocycles. The van der Waals surface area contributed by atoms with E-state index in [0.29, 0.717) is 11.6 Å². The number of aromatic nitrogens is 1. The normalized spacial score (nSPS) is 20.0. The van der Waals surface area contributed by atoms with E-state index in [9.17, 15) is 4.79 Å². The van der Waals surface area contributed by atoms with E-state index in [2.05, 4.69) is 11.1 Å². The molecule has 1 aromatic carbocycles. The molecule has 2 aromatic rings. The van der Waals surface area contributed by atoms with Crippen molar-refractivity contribution in [3.05, 3.63) is 47.1 Å². The summed E-state index contributed by atoms with van der Waals surface area (Å²) in [5.41, 5.74) is 2.70. The number of fused-ring (bicyclic) bond motifs is 1. The summed E-state index contributed by atoms with van der Waals surface area (Å²) in [5.74, 6) is 1.37. The second-order valence-electron chi connectivity index (χ2n) is 6.59. The number of carbonyl (C=O) groups is 1. The van der Waals surface area contributed by atoms with Gasteiger partial charge < -0.3 is 9.64 Å². The Bertz CT molecular complexity index is 812. The first-order valence-electron chi connectivity index (χ1n) is 8.89. The second-order valence-corrected chi connectivity index (χ2v) is 7.45. The number of benzene rings is 1. The number of rotatable bonds is 3. The number of hydrogen-bond acceptors (Lipinski definition) is 4. The number of likely N-dealkylation sites (tertiary alicyclic amines) is 1. The molecule has 1 saturated heterocycles. The van der Waals surface area contributed by atoms with Gasteiger partial charge in [0.1, 0.15) is 16.5 Å². The Morgan fingerprint density at radius 2 is 2.12 bits per heavy atom. The van der Waals surface area contributed by atoms with Gasteiger partial charge in [-0.05, 0) is 50.2 Å². The molecule has 1 fully saturated rings. The van der Waals surface area contributed by atoms with Crippen LogP contribution in [0.4, 0.5) is 0 Å². The molecule has 2 aliphatic rings. The van der Waals surface area contributed by atoms with E-state index in [1.165, 1.54) is 36.3 Å². The Labute approximate surface area is 152 Å². The summed E-state index contributed by atoms with van der Waals surface area (Å²) in [6, 6.07) is 7.79. The van der Waals surface area contributed by atoms with Crippen LogP contribution in [0.25, 0.3) is 10.6 Å². The third kappa shape index (κ3) is 3.09. The fourth-order valence-corrected chi connectivity index (χ4v) is 4.67. The Morgan fingerprint density at radius 1 is 1.28 bits per heavy atom. The number of methoxy groups -OCH3 is 1. The van der Waals surface area contributed by atoms with Gasteiger partial charge >= 0.3 is 0 Å². The first kappa shape index (κ1) is 16.3. The Balaban J connectivity index is 1.61. The number of thiazole rings is 1. The minimum absolute atomic E-state index is 0.0373. The van der Waals surface area contributed by atoms with Gasteiger partial charge in [-0.3, -0.25) is 4.79 Å². The zero-order valence-electron chi connectivity index (χ0n) is 14.4. The number of carbonyl (C=O) groups excluding carboxylic acids is 1. The van der Waals surface area contributed by atoms with Crippen LogP contribution in [0.3, 0.4) is 0 Å². The molecule has 4 nitrogen and oxygen atoms in total. The summed E-state index contributed by atoms with van der Waals surface area (Å²) in [7, 11) is 1.65. The zero-order chi connectivity index (χ0) is 17.2. The quantitative estimate of drug-likeness (QED) is 0.799. The number of amides is 1. The third-order valence-electron chi connectivity index (χ3n) is 5.08. The molecule has 5 heteroatoms. The van der Waals surface area contributed by atoms with Crippen LogP contribution in [0.15, 0.2) is 41.4 Å². The van der Waals surface area contributed by atoms with E-state index in [0.717, 1.165) is 35.7 Å². The highest BCUT2D eigenvalue weighted by atomic mass is 32.1. The van der Waals surface area contributed by atoms with Crippen molar-refractivity contribution >= 4 is 17.2 Å². The zero-order valence-corrected chi connectivity index (χ0v) is 15.2. The summed E-state index contributed by atoms with van der Waals surface area (Å²) in [4.78, 5) is 19.6. The lowest BCUT2D eigenvalue weighted by molar-refractivity contribution is 0.0744. The Kier molecular flexibility index (Phi) is 4.57. The summed E-state index contributed by atoms with van der Waals surface area (Å²) < 4.78 is 5.42. The van der Waals surface area contributed by atoms with Crippen molar-refractivity contribution in [3.8, 4) is 16.3 Å². The number of para-hydroxylation sites is 1. The van der Waals surface area contributed by atoms with E-state index >= 15 is 0 Å². The largest absolute Gasteiger partial charge is 0.496 e. The topological polar surface area (TPSA) is 42.4 Å². The highest BCUT2D eigenvalue weighted by Crippen LogP contribution is 2.37. The first-order valence-corrected chi connectivity index (χ1v) is 9.76. The molecule has 130 valence electrons. The number of piperidine rings is 1. The van der Waals surface area contributed by atoms with Gasteiger partial charge in [0.25, 0.3) is 5.91 Å². The standard InChI is InChI=1S/C20H22N2O2S/c1-24-18-11-5-3-9-15(18)19-21-16(13-25-19)20(23)22-12-6-8-14-7-2-4-10-17(14)22/h3,5,9-11,13-14H,2,4,6-8,12H2,1H3. The van der Waals surface area contributed by atoms with Gasteiger partial charge in [0.2, 0.25) is 0 Å². The molecular weight excluding hydrogens is 332 g/mol. The van der Waals surface area contributed by atoms with Crippen LogP contribution in [0.1, 0.15) is 42.6 Å². The molecule has 1 amide bonds. The van der Waals surface area contributed by atoms with Gasteiger partial charge in [0.05, 0.1) is 12.7 Å². The Morgan fingerprint density at radius 3 is 3.00 bits per heavy atom. The summed E-state index contributed by atoms with van der Waals surface area (Å²) >= 11 is 1.50. The minimum Gasteiger partial charge on any atom is -0.496 e. The lowest BCUT2D eigenvalue weighted by Crippen LogP contribution is -2.39. The van der Waals surface area contributed by atoms with Crippen LogP contribution < -0.4 is 4.74 Å². The Hall–Kier alpha value is -2.14. The molecule has 1 aliphatic carbocycles. The SMILES string of the molecule is COc1ccccc1-c1nc(C(=O)N2CCCC3CCCC=C32)cs1. The maximum absolute atomic E-state index is 13.1. The molecule has 1 aliphatic heterocycles. The molecule has 0 spiro atoms. The highest BCUT2D eigenvalue weighted by Gasteiger charge is 2.31. The number of nitrogens with zero attached hydrogens (tertiary/aromatic N) is 2. The molecule has 0 bridgehead atoms. The van der Waals surface area contributed by atoms with Crippen molar-refractivity contribution < 1.29 is 9.53 Å². The van der Waals surface area contributed by atoms with Gasteiger partial charge in [0.15, 0.2) is 0 Å². The maximum Gasteiger partial charge on any atom is 0.277 e. The highest BCUT2D eigenvalue weighted by molar-refractivity contribution is 7.13. The molecule has 0 N–H and O–H groups in total. The second kappa shape index (κ2) is 7.00. The predicted molar refractivity (Wildman–Crippen MR) is 99.8 cm³/mol.